The molecule has 1 aliphatic rings. The van der Waals surface area contributed by atoms with Crippen molar-refractivity contribution in [2.75, 3.05) is 43.6 Å². The number of nitrogens with one attached hydrogen (secondary N) is 1. The van der Waals surface area contributed by atoms with Crippen LogP contribution in [0.2, 0.25) is 5.02 Å². The van der Waals surface area contributed by atoms with Crippen molar-refractivity contribution in [2.45, 2.75) is 6.54 Å². The minimum atomic E-state index is -0.435. The van der Waals surface area contributed by atoms with Crippen LogP contribution in [0.25, 0.3) is 10.9 Å². The molecular weight excluding hydrogens is 406 g/mol. The highest BCUT2D eigenvalue weighted by molar-refractivity contribution is 6.34. The standard InChI is InChI=1S/C22H22ClN3O4/c1-29-22(28)16-13-26(19-8-3-2-5-15(16)19)14-20(27)24-18-7-4-6-17(23)21(18)25-9-11-30-12-10-25/h2-8,13H,9-12,14H2,1H3,(H,24,27). The lowest BCUT2D eigenvalue weighted by Crippen LogP contribution is -2.37. The molecule has 156 valence electrons. The number of para-hydroxylation sites is 2. The van der Waals surface area contributed by atoms with Gasteiger partial charge in [-0.25, -0.2) is 4.79 Å². The van der Waals surface area contributed by atoms with Crippen LogP contribution in [0.5, 0.6) is 0 Å². The number of fused-ring (bicyclic) bond motifs is 1. The first-order valence-corrected chi connectivity index (χ1v) is 10.0. The molecule has 1 N–H and O–H groups in total. The third-order valence-corrected chi connectivity index (χ3v) is 5.40. The summed E-state index contributed by atoms with van der Waals surface area (Å²) in [5.74, 6) is -0.654. The van der Waals surface area contributed by atoms with E-state index in [9.17, 15) is 9.59 Å². The zero-order valence-electron chi connectivity index (χ0n) is 16.6. The van der Waals surface area contributed by atoms with Crippen LogP contribution in [-0.4, -0.2) is 49.9 Å². The van der Waals surface area contributed by atoms with Gasteiger partial charge >= 0.3 is 5.97 Å². The van der Waals surface area contributed by atoms with Crippen molar-refractivity contribution in [3.05, 3.63) is 59.2 Å². The second-order valence-corrected chi connectivity index (χ2v) is 7.37. The monoisotopic (exact) mass is 427 g/mol. The summed E-state index contributed by atoms with van der Waals surface area (Å²) in [4.78, 5) is 27.1. The van der Waals surface area contributed by atoms with Crippen molar-refractivity contribution in [3.8, 4) is 0 Å². The highest BCUT2D eigenvalue weighted by Crippen LogP contribution is 2.34. The van der Waals surface area contributed by atoms with E-state index >= 15 is 0 Å². The number of methoxy groups -OCH3 is 1. The van der Waals surface area contributed by atoms with E-state index in [-0.39, 0.29) is 12.5 Å². The number of ether oxygens (including phenoxy) is 2. The van der Waals surface area contributed by atoms with Gasteiger partial charge in [0.1, 0.15) is 6.54 Å². The molecule has 8 heteroatoms. The van der Waals surface area contributed by atoms with E-state index in [0.29, 0.717) is 42.6 Å². The van der Waals surface area contributed by atoms with Crippen molar-refractivity contribution in [1.29, 1.82) is 0 Å². The summed E-state index contributed by atoms with van der Waals surface area (Å²) in [6, 6.07) is 12.9. The van der Waals surface area contributed by atoms with Gasteiger partial charge in [0.05, 0.1) is 42.3 Å². The Morgan fingerprint density at radius 3 is 2.67 bits per heavy atom. The fourth-order valence-electron chi connectivity index (χ4n) is 3.72. The first kappa shape index (κ1) is 20.3. The molecule has 2 heterocycles. The summed E-state index contributed by atoms with van der Waals surface area (Å²) < 4.78 is 12.0. The van der Waals surface area contributed by atoms with Gasteiger partial charge in [0.15, 0.2) is 0 Å². The van der Waals surface area contributed by atoms with E-state index in [1.165, 1.54) is 7.11 Å². The lowest BCUT2D eigenvalue weighted by atomic mass is 10.2. The molecule has 1 saturated heterocycles. The first-order chi connectivity index (χ1) is 14.6. The maximum Gasteiger partial charge on any atom is 0.340 e. The second-order valence-electron chi connectivity index (χ2n) is 6.96. The van der Waals surface area contributed by atoms with Crippen LogP contribution in [0, 0.1) is 0 Å². The maximum absolute atomic E-state index is 12.9. The van der Waals surface area contributed by atoms with E-state index in [1.54, 1.807) is 10.8 Å². The quantitative estimate of drug-likeness (QED) is 0.630. The molecule has 2 aromatic carbocycles. The third-order valence-electron chi connectivity index (χ3n) is 5.10. The molecule has 1 fully saturated rings. The zero-order valence-corrected chi connectivity index (χ0v) is 17.3. The number of hydrogen-bond donors (Lipinski definition) is 1. The lowest BCUT2D eigenvalue weighted by Gasteiger charge is -2.31. The maximum atomic E-state index is 12.9. The minimum absolute atomic E-state index is 0.0482. The normalized spacial score (nSPS) is 14.0. The summed E-state index contributed by atoms with van der Waals surface area (Å²) in [6.07, 6.45) is 1.65. The molecule has 7 nitrogen and oxygen atoms in total. The van der Waals surface area contributed by atoms with Gasteiger partial charge in [-0.3, -0.25) is 4.79 Å². The summed E-state index contributed by atoms with van der Waals surface area (Å²) in [5.41, 5.74) is 2.66. The van der Waals surface area contributed by atoms with Crippen LogP contribution in [0.1, 0.15) is 10.4 Å². The highest BCUT2D eigenvalue weighted by atomic mass is 35.5. The van der Waals surface area contributed by atoms with Gasteiger partial charge in [-0.2, -0.15) is 0 Å². The van der Waals surface area contributed by atoms with Gasteiger partial charge in [0.2, 0.25) is 5.91 Å². The molecular formula is C22H22ClN3O4. The summed E-state index contributed by atoms with van der Waals surface area (Å²) in [7, 11) is 1.34. The molecule has 0 spiro atoms. The average Bonchev–Trinajstić information content (AvgIpc) is 3.12. The molecule has 1 aromatic heterocycles. The first-order valence-electron chi connectivity index (χ1n) is 9.65. The van der Waals surface area contributed by atoms with Gasteiger partial charge in [-0.15, -0.1) is 0 Å². The van der Waals surface area contributed by atoms with Gasteiger partial charge in [-0.05, 0) is 18.2 Å². The van der Waals surface area contributed by atoms with Crippen molar-refractivity contribution in [2.24, 2.45) is 0 Å². The number of esters is 1. The van der Waals surface area contributed by atoms with E-state index in [0.717, 1.165) is 16.6 Å². The molecule has 0 unspecified atom stereocenters. The number of carbonyl (C=O) groups is 2. The smallest absolute Gasteiger partial charge is 0.340 e. The number of nitrogens with zero attached hydrogens (tertiary/aromatic N) is 2. The molecule has 0 saturated carbocycles. The fraction of sp³-hybridized carbons (Fsp3) is 0.273. The number of aromatic nitrogens is 1. The lowest BCUT2D eigenvalue weighted by molar-refractivity contribution is -0.116. The number of anilines is 2. The Morgan fingerprint density at radius 1 is 1.13 bits per heavy atom. The Balaban J connectivity index is 1.59. The topological polar surface area (TPSA) is 72.8 Å². The molecule has 0 radical (unpaired) electrons. The van der Waals surface area contributed by atoms with Crippen LogP contribution in [0.4, 0.5) is 11.4 Å². The van der Waals surface area contributed by atoms with Gasteiger partial charge in [0.25, 0.3) is 0 Å². The predicted molar refractivity (Wildman–Crippen MR) is 116 cm³/mol. The van der Waals surface area contributed by atoms with Crippen LogP contribution in [0.15, 0.2) is 48.7 Å². The van der Waals surface area contributed by atoms with E-state index in [1.807, 2.05) is 42.5 Å². The van der Waals surface area contributed by atoms with E-state index in [2.05, 4.69) is 10.2 Å². The van der Waals surface area contributed by atoms with Crippen molar-refractivity contribution < 1.29 is 19.1 Å². The molecule has 1 amide bonds. The number of hydrogen-bond acceptors (Lipinski definition) is 5. The molecule has 3 aromatic rings. The van der Waals surface area contributed by atoms with Gasteiger partial charge < -0.3 is 24.3 Å². The number of morpholine rings is 1. The molecule has 1 aliphatic heterocycles. The van der Waals surface area contributed by atoms with Crippen molar-refractivity contribution in [3.63, 3.8) is 0 Å². The van der Waals surface area contributed by atoms with Crippen molar-refractivity contribution >= 4 is 45.8 Å². The van der Waals surface area contributed by atoms with Crippen molar-refractivity contribution in [1.82, 2.24) is 4.57 Å². The molecule has 0 atom stereocenters. The summed E-state index contributed by atoms with van der Waals surface area (Å²) in [5, 5.41) is 4.29. The SMILES string of the molecule is COC(=O)c1cn(CC(=O)Nc2cccc(Cl)c2N2CCOCC2)c2ccccc12. The minimum Gasteiger partial charge on any atom is -0.465 e. The van der Waals surface area contributed by atoms with E-state index < -0.39 is 5.97 Å². The Labute approximate surface area is 179 Å². The average molecular weight is 428 g/mol. The predicted octanol–water partition coefficient (Wildman–Crippen LogP) is 3.56. The molecule has 4 rings (SSSR count). The van der Waals surface area contributed by atoms with Crippen LogP contribution in [-0.2, 0) is 20.8 Å². The fourth-order valence-corrected chi connectivity index (χ4v) is 4.01. The largest absolute Gasteiger partial charge is 0.465 e. The molecule has 30 heavy (non-hydrogen) atoms. The van der Waals surface area contributed by atoms with Crippen LogP contribution in [0.3, 0.4) is 0 Å². The number of halogens is 1. The van der Waals surface area contributed by atoms with Gasteiger partial charge in [0, 0.05) is 30.2 Å². The van der Waals surface area contributed by atoms with E-state index in [4.69, 9.17) is 21.1 Å². The van der Waals surface area contributed by atoms with Crippen LogP contribution < -0.4 is 10.2 Å². The summed E-state index contributed by atoms with van der Waals surface area (Å²) >= 11 is 6.45. The second kappa shape index (κ2) is 8.77. The number of amides is 1. The Morgan fingerprint density at radius 2 is 1.90 bits per heavy atom. The Bertz CT molecular complexity index is 1090. The number of benzene rings is 2. The third kappa shape index (κ3) is 3.99. The van der Waals surface area contributed by atoms with Gasteiger partial charge in [-0.1, -0.05) is 35.9 Å². The molecule has 0 bridgehead atoms. The number of rotatable bonds is 5. The Hall–Kier alpha value is -3.03. The zero-order chi connectivity index (χ0) is 21.1. The van der Waals surface area contributed by atoms with Crippen LogP contribution >= 0.6 is 11.6 Å². The summed E-state index contributed by atoms with van der Waals surface area (Å²) in [6.45, 7) is 2.69. The highest BCUT2D eigenvalue weighted by Gasteiger charge is 2.20. The molecule has 0 aliphatic carbocycles. The Kier molecular flexibility index (Phi) is 5.92. The number of carbonyl (C=O) groups excluding carboxylic acids is 2.